The van der Waals surface area contributed by atoms with Crippen molar-refractivity contribution in [2.24, 2.45) is 23.7 Å². The van der Waals surface area contributed by atoms with Crippen LogP contribution in [0.15, 0.2) is 24.3 Å². The molecule has 6 fully saturated rings. The summed E-state index contributed by atoms with van der Waals surface area (Å²) in [7, 11) is 1.66. The Morgan fingerprint density at radius 3 is 1.81 bits per heavy atom. The van der Waals surface area contributed by atoms with E-state index in [-0.39, 0.29) is 47.8 Å². The number of ketones is 1. The molecule has 1 N–H and O–H groups in total. The fourth-order valence-electron chi connectivity index (χ4n) is 9.54. The summed E-state index contributed by atoms with van der Waals surface area (Å²) in [6.45, 7) is 15.4. The molecule has 4 saturated carbocycles. The molecule has 11 heteroatoms. The average molecular weight is 675 g/mol. The van der Waals surface area contributed by atoms with Crippen LogP contribution in [0, 0.1) is 23.7 Å². The molecule has 0 radical (unpaired) electrons. The van der Waals surface area contributed by atoms with Crippen LogP contribution >= 0.6 is 0 Å². The van der Waals surface area contributed by atoms with Gasteiger partial charge in [-0.25, -0.2) is 9.59 Å². The third-order valence-corrected chi connectivity index (χ3v) is 11.4. The van der Waals surface area contributed by atoms with E-state index in [9.17, 15) is 24.3 Å². The first-order valence-corrected chi connectivity index (χ1v) is 17.6. The molecular formula is C37H54O11. The molecule has 2 saturated heterocycles. The Bertz CT molecular complexity index is 1320. The van der Waals surface area contributed by atoms with Gasteiger partial charge in [0.1, 0.15) is 29.2 Å². The Morgan fingerprint density at radius 2 is 1.29 bits per heavy atom. The van der Waals surface area contributed by atoms with Gasteiger partial charge in [0, 0.05) is 37.5 Å². The van der Waals surface area contributed by atoms with Crippen LogP contribution < -0.4 is 0 Å². The molecule has 2 aliphatic heterocycles. The van der Waals surface area contributed by atoms with Crippen molar-refractivity contribution in [2.75, 3.05) is 7.11 Å². The number of Topliss-reactive ketones (excluding diaryl/α,β-unsaturated/α-hetero) is 1. The van der Waals surface area contributed by atoms with Crippen molar-refractivity contribution in [1.82, 2.24) is 0 Å². The Balaban J connectivity index is 0.000000224. The van der Waals surface area contributed by atoms with Gasteiger partial charge in [0.05, 0.1) is 18.4 Å². The summed E-state index contributed by atoms with van der Waals surface area (Å²) < 4.78 is 34.8. The highest BCUT2D eigenvalue weighted by atomic mass is 16.7. The van der Waals surface area contributed by atoms with E-state index in [4.69, 9.17) is 28.4 Å². The van der Waals surface area contributed by atoms with Gasteiger partial charge in [-0.15, -0.1) is 0 Å². The van der Waals surface area contributed by atoms with E-state index in [1.54, 1.807) is 41.7 Å². The SMILES string of the molecule is C=C(C)C(=O)OC12CCCCC1OC(C)(O)C2.C=C(C)C(=O)OC12CCCCC1OC(C)(OC(=O)C1C3CC(OC)C(C3)C1C(C)=O)C2. The van der Waals surface area contributed by atoms with E-state index in [1.807, 2.05) is 0 Å². The Labute approximate surface area is 284 Å². The quantitative estimate of drug-likeness (QED) is 0.205. The topological polar surface area (TPSA) is 144 Å². The molecular weight excluding hydrogens is 620 g/mol. The standard InChI is InChI=1S/C24H34O7.C13H20O4/c1-13(2)21(26)31-24-9-7-6-8-18(24)29-23(4,12-24)30-22(27)20-15-10-16(17(11-15)28-5)19(20)14(3)25;1-9(2)11(14)17-13-7-5-4-6-10(13)16-12(3,15)8-13/h15-20H,1,6-12H2,2-5H3;10,15H,1,4-8H2,2-3H3. The molecule has 268 valence electrons. The van der Waals surface area contributed by atoms with E-state index in [0.29, 0.717) is 30.4 Å². The summed E-state index contributed by atoms with van der Waals surface area (Å²) in [4.78, 5) is 49.8. The van der Waals surface area contributed by atoms with Gasteiger partial charge in [-0.1, -0.05) is 26.0 Å². The predicted octanol–water partition coefficient (Wildman–Crippen LogP) is 5.26. The smallest absolute Gasteiger partial charge is 0.333 e. The molecule has 48 heavy (non-hydrogen) atoms. The minimum absolute atomic E-state index is 0.00854. The molecule has 0 aromatic rings. The van der Waals surface area contributed by atoms with Crippen molar-refractivity contribution in [1.29, 1.82) is 0 Å². The minimum Gasteiger partial charge on any atom is -0.453 e. The number of hydrogen-bond donors (Lipinski definition) is 1. The van der Waals surface area contributed by atoms with Gasteiger partial charge in [-0.2, -0.15) is 0 Å². The number of esters is 3. The summed E-state index contributed by atoms with van der Waals surface area (Å²) in [5.41, 5.74) is -0.741. The van der Waals surface area contributed by atoms with E-state index in [0.717, 1.165) is 57.8 Å². The number of aliphatic hydroxyl groups is 1. The fourth-order valence-corrected chi connectivity index (χ4v) is 9.54. The van der Waals surface area contributed by atoms with Crippen LogP contribution in [-0.4, -0.2) is 77.0 Å². The van der Waals surface area contributed by atoms with Gasteiger partial charge in [0.2, 0.25) is 5.79 Å². The third-order valence-electron chi connectivity index (χ3n) is 11.4. The first kappa shape index (κ1) is 36.7. The molecule has 0 aromatic carbocycles. The zero-order chi connectivity index (χ0) is 35.2. The molecule has 0 amide bonds. The largest absolute Gasteiger partial charge is 0.453 e. The highest BCUT2D eigenvalue weighted by molar-refractivity contribution is 5.88. The second kappa shape index (κ2) is 13.6. The van der Waals surface area contributed by atoms with Gasteiger partial charge in [0.25, 0.3) is 0 Å². The number of carbonyl (C=O) groups excluding carboxylic acids is 4. The maximum absolute atomic E-state index is 13.3. The second-order valence-electron chi connectivity index (χ2n) is 15.6. The molecule has 11 unspecified atom stereocenters. The molecule has 11 nitrogen and oxygen atoms in total. The van der Waals surface area contributed by atoms with Crippen molar-refractivity contribution < 1.29 is 52.7 Å². The molecule has 4 aliphatic carbocycles. The second-order valence-corrected chi connectivity index (χ2v) is 15.6. The Hall–Kier alpha value is -2.60. The van der Waals surface area contributed by atoms with Crippen molar-refractivity contribution >= 4 is 23.7 Å². The lowest BCUT2D eigenvalue weighted by molar-refractivity contribution is -0.225. The van der Waals surface area contributed by atoms with Crippen LogP contribution in [0.2, 0.25) is 0 Å². The van der Waals surface area contributed by atoms with Crippen LogP contribution in [0.5, 0.6) is 0 Å². The summed E-state index contributed by atoms with van der Waals surface area (Å²) in [5, 5.41) is 10.0. The molecule has 2 heterocycles. The van der Waals surface area contributed by atoms with Gasteiger partial charge in [0.15, 0.2) is 5.79 Å². The van der Waals surface area contributed by atoms with Crippen LogP contribution in [0.1, 0.15) is 112 Å². The van der Waals surface area contributed by atoms with E-state index in [1.165, 1.54) is 0 Å². The summed E-state index contributed by atoms with van der Waals surface area (Å²) in [6.07, 6.45) is 8.69. The van der Waals surface area contributed by atoms with Crippen LogP contribution in [-0.2, 0) is 47.6 Å². The number of fused-ring (bicyclic) bond motifs is 4. The van der Waals surface area contributed by atoms with Gasteiger partial charge < -0.3 is 33.5 Å². The first-order chi connectivity index (χ1) is 22.4. The van der Waals surface area contributed by atoms with Crippen LogP contribution in [0.3, 0.4) is 0 Å². The minimum atomic E-state index is -1.19. The van der Waals surface area contributed by atoms with E-state index >= 15 is 0 Å². The third kappa shape index (κ3) is 7.16. The zero-order valence-electron chi connectivity index (χ0n) is 29.5. The molecule has 11 atom stereocenters. The van der Waals surface area contributed by atoms with E-state index in [2.05, 4.69) is 13.2 Å². The number of hydrogen-bond acceptors (Lipinski definition) is 11. The molecule has 0 spiro atoms. The van der Waals surface area contributed by atoms with Crippen molar-refractivity contribution in [3.05, 3.63) is 24.3 Å². The zero-order valence-corrected chi connectivity index (χ0v) is 29.5. The lowest BCUT2D eigenvalue weighted by atomic mass is 9.76. The highest BCUT2D eigenvalue weighted by Crippen LogP contribution is 2.55. The van der Waals surface area contributed by atoms with Gasteiger partial charge in [-0.05, 0) is 90.9 Å². The Morgan fingerprint density at radius 1 is 0.750 bits per heavy atom. The van der Waals surface area contributed by atoms with Crippen LogP contribution in [0.25, 0.3) is 0 Å². The lowest BCUT2D eigenvalue weighted by Gasteiger charge is -2.36. The summed E-state index contributed by atoms with van der Waals surface area (Å²) in [6, 6.07) is 0. The number of carbonyl (C=O) groups is 4. The van der Waals surface area contributed by atoms with E-state index < -0.39 is 40.6 Å². The van der Waals surface area contributed by atoms with Crippen LogP contribution in [0.4, 0.5) is 0 Å². The number of rotatable bonds is 8. The van der Waals surface area contributed by atoms with Gasteiger partial charge in [-0.3, -0.25) is 9.59 Å². The first-order valence-electron chi connectivity index (χ1n) is 17.6. The Kier molecular flexibility index (Phi) is 10.4. The van der Waals surface area contributed by atoms with Gasteiger partial charge >= 0.3 is 17.9 Å². The molecule has 0 aromatic heterocycles. The van der Waals surface area contributed by atoms with Crippen molar-refractivity contribution in [2.45, 2.75) is 153 Å². The lowest BCUT2D eigenvalue weighted by Crippen LogP contribution is -2.46. The number of ether oxygens (including phenoxy) is 6. The fraction of sp³-hybridized carbons (Fsp3) is 0.784. The molecule has 6 rings (SSSR count). The predicted molar refractivity (Wildman–Crippen MR) is 173 cm³/mol. The number of methoxy groups -OCH3 is 1. The normalized spacial score (nSPS) is 42.4. The highest BCUT2D eigenvalue weighted by Gasteiger charge is 2.62. The summed E-state index contributed by atoms with van der Waals surface area (Å²) in [5.74, 6) is -4.29. The average Bonchev–Trinajstić information content (AvgIpc) is 3.72. The van der Waals surface area contributed by atoms with Crippen molar-refractivity contribution in [3.63, 3.8) is 0 Å². The summed E-state index contributed by atoms with van der Waals surface area (Å²) >= 11 is 0. The molecule has 2 bridgehead atoms. The maximum atomic E-state index is 13.3. The maximum Gasteiger partial charge on any atom is 0.333 e. The van der Waals surface area contributed by atoms with Crippen molar-refractivity contribution in [3.8, 4) is 0 Å². The molecule has 6 aliphatic rings. The monoisotopic (exact) mass is 674 g/mol.